The molecule has 2 fully saturated rings. The van der Waals surface area contributed by atoms with Gasteiger partial charge in [-0.3, -0.25) is 4.90 Å². The molecule has 2 amide bonds. The Morgan fingerprint density at radius 1 is 0.947 bits per heavy atom. The monoisotopic (exact) mass is 264 g/mol. The second-order valence-corrected chi connectivity index (χ2v) is 5.51. The van der Waals surface area contributed by atoms with Gasteiger partial charge in [0.2, 0.25) is 0 Å². The number of carbonyl (C=O) groups excluding carboxylic acids is 1. The van der Waals surface area contributed by atoms with Crippen molar-refractivity contribution in [3.8, 4) is 6.07 Å². The first-order chi connectivity index (χ1) is 9.22. The number of urea groups is 1. The summed E-state index contributed by atoms with van der Waals surface area (Å²) in [5, 5.41) is 8.92. The molecule has 1 unspecified atom stereocenters. The van der Waals surface area contributed by atoms with Gasteiger partial charge in [-0.2, -0.15) is 5.26 Å². The summed E-state index contributed by atoms with van der Waals surface area (Å²) in [6, 6.07) is 2.42. The molecule has 1 atom stereocenters. The Kier molecular flexibility index (Phi) is 5.03. The maximum Gasteiger partial charge on any atom is 0.320 e. The van der Waals surface area contributed by atoms with Crippen molar-refractivity contribution in [3.05, 3.63) is 0 Å². The fourth-order valence-electron chi connectivity index (χ4n) is 2.84. The molecule has 5 nitrogen and oxygen atoms in total. The first-order valence-corrected chi connectivity index (χ1v) is 7.40. The fourth-order valence-corrected chi connectivity index (χ4v) is 2.84. The largest absolute Gasteiger partial charge is 0.325 e. The number of rotatable bonds is 1. The van der Waals surface area contributed by atoms with Crippen LogP contribution >= 0.6 is 0 Å². The predicted octanol–water partition coefficient (Wildman–Crippen LogP) is 1.51. The van der Waals surface area contributed by atoms with Gasteiger partial charge in [-0.1, -0.05) is 12.8 Å². The standard InChI is InChI=1S/C14H24N4O/c1-13(12-15)16-8-10-18(11-9-16)14(19)17-6-4-2-3-5-7-17/h13H,2-11H2,1H3. The molecule has 0 radical (unpaired) electrons. The van der Waals surface area contributed by atoms with Crippen LogP contribution in [0.15, 0.2) is 0 Å². The Balaban J connectivity index is 1.83. The minimum atomic E-state index is -0.0459. The summed E-state index contributed by atoms with van der Waals surface area (Å²) in [4.78, 5) is 18.5. The first kappa shape index (κ1) is 14.1. The third kappa shape index (κ3) is 3.60. The lowest BCUT2D eigenvalue weighted by atomic mass is 10.2. The van der Waals surface area contributed by atoms with Gasteiger partial charge in [0, 0.05) is 39.3 Å². The van der Waals surface area contributed by atoms with Gasteiger partial charge in [0.1, 0.15) is 0 Å². The molecule has 0 spiro atoms. The highest BCUT2D eigenvalue weighted by molar-refractivity contribution is 5.74. The summed E-state index contributed by atoms with van der Waals surface area (Å²) < 4.78 is 0. The maximum absolute atomic E-state index is 12.4. The van der Waals surface area contributed by atoms with Crippen molar-refractivity contribution in [1.29, 1.82) is 5.26 Å². The molecule has 106 valence electrons. The number of nitrogens with zero attached hydrogens (tertiary/aromatic N) is 4. The third-order valence-corrected chi connectivity index (χ3v) is 4.20. The van der Waals surface area contributed by atoms with Crippen molar-refractivity contribution in [2.24, 2.45) is 0 Å². The van der Waals surface area contributed by atoms with Crippen LogP contribution in [0, 0.1) is 11.3 Å². The minimum Gasteiger partial charge on any atom is -0.325 e. The van der Waals surface area contributed by atoms with E-state index in [0.717, 1.165) is 52.1 Å². The van der Waals surface area contributed by atoms with E-state index in [0.29, 0.717) is 0 Å². The van der Waals surface area contributed by atoms with E-state index in [2.05, 4.69) is 11.0 Å². The molecule has 2 saturated heterocycles. The molecule has 0 aromatic rings. The molecule has 19 heavy (non-hydrogen) atoms. The van der Waals surface area contributed by atoms with Crippen molar-refractivity contribution >= 4 is 6.03 Å². The first-order valence-electron chi connectivity index (χ1n) is 7.40. The van der Waals surface area contributed by atoms with E-state index in [9.17, 15) is 4.79 Å². The van der Waals surface area contributed by atoms with Gasteiger partial charge in [-0.05, 0) is 19.8 Å². The van der Waals surface area contributed by atoms with Gasteiger partial charge < -0.3 is 9.80 Å². The predicted molar refractivity (Wildman–Crippen MR) is 73.7 cm³/mol. The lowest BCUT2D eigenvalue weighted by Crippen LogP contribution is -2.54. The molecule has 0 saturated carbocycles. The summed E-state index contributed by atoms with van der Waals surface area (Å²) in [6.45, 7) is 6.87. The summed E-state index contributed by atoms with van der Waals surface area (Å²) in [5.41, 5.74) is 0. The van der Waals surface area contributed by atoms with E-state index < -0.39 is 0 Å². The lowest BCUT2D eigenvalue weighted by molar-refractivity contribution is 0.106. The zero-order valence-electron chi connectivity index (χ0n) is 11.8. The second-order valence-electron chi connectivity index (χ2n) is 5.51. The minimum absolute atomic E-state index is 0.0459. The van der Waals surface area contributed by atoms with Crippen LogP contribution < -0.4 is 0 Å². The number of piperazine rings is 1. The van der Waals surface area contributed by atoms with Gasteiger partial charge in [-0.25, -0.2) is 4.79 Å². The topological polar surface area (TPSA) is 50.6 Å². The number of hydrogen-bond donors (Lipinski definition) is 0. The number of amides is 2. The van der Waals surface area contributed by atoms with Crippen molar-refractivity contribution in [3.63, 3.8) is 0 Å². The SMILES string of the molecule is CC(C#N)N1CCN(C(=O)N2CCCCCC2)CC1. The Hall–Kier alpha value is -1.28. The lowest BCUT2D eigenvalue weighted by Gasteiger charge is -2.38. The molecule has 0 N–H and O–H groups in total. The average Bonchev–Trinajstić information content (AvgIpc) is 2.75. The van der Waals surface area contributed by atoms with Crippen LogP contribution in [0.25, 0.3) is 0 Å². The van der Waals surface area contributed by atoms with Gasteiger partial charge in [0.25, 0.3) is 0 Å². The van der Waals surface area contributed by atoms with Gasteiger partial charge in [0.05, 0.1) is 12.1 Å². The van der Waals surface area contributed by atoms with Crippen molar-refractivity contribution in [1.82, 2.24) is 14.7 Å². The average molecular weight is 264 g/mol. The molecule has 0 bridgehead atoms. The molecule has 0 aromatic carbocycles. The second kappa shape index (κ2) is 6.76. The van der Waals surface area contributed by atoms with Crippen LogP contribution in [-0.4, -0.2) is 66.0 Å². The highest BCUT2D eigenvalue weighted by Crippen LogP contribution is 2.13. The van der Waals surface area contributed by atoms with Gasteiger partial charge in [0.15, 0.2) is 0 Å². The third-order valence-electron chi connectivity index (χ3n) is 4.20. The number of nitriles is 1. The summed E-state index contributed by atoms with van der Waals surface area (Å²) >= 11 is 0. The molecule has 2 aliphatic rings. The zero-order valence-corrected chi connectivity index (χ0v) is 11.8. The number of hydrogen-bond acceptors (Lipinski definition) is 3. The molecule has 0 aromatic heterocycles. The maximum atomic E-state index is 12.4. The zero-order chi connectivity index (χ0) is 13.7. The number of carbonyl (C=O) groups is 1. The summed E-state index contributed by atoms with van der Waals surface area (Å²) in [7, 11) is 0. The van der Waals surface area contributed by atoms with Crippen LogP contribution in [0.1, 0.15) is 32.6 Å². The van der Waals surface area contributed by atoms with E-state index in [4.69, 9.17) is 5.26 Å². The van der Waals surface area contributed by atoms with Crippen molar-refractivity contribution in [2.75, 3.05) is 39.3 Å². The molecule has 2 rings (SSSR count). The van der Waals surface area contributed by atoms with Crippen LogP contribution in [0.3, 0.4) is 0 Å². The quantitative estimate of drug-likeness (QED) is 0.721. The van der Waals surface area contributed by atoms with Crippen LogP contribution in [0.2, 0.25) is 0 Å². The highest BCUT2D eigenvalue weighted by Gasteiger charge is 2.27. The van der Waals surface area contributed by atoms with E-state index in [1.807, 2.05) is 16.7 Å². The van der Waals surface area contributed by atoms with E-state index in [1.165, 1.54) is 12.8 Å². The molecule has 2 heterocycles. The highest BCUT2D eigenvalue weighted by atomic mass is 16.2. The van der Waals surface area contributed by atoms with Crippen molar-refractivity contribution in [2.45, 2.75) is 38.6 Å². The summed E-state index contributed by atoms with van der Waals surface area (Å²) in [5.74, 6) is 0. The molecule has 5 heteroatoms. The molecular weight excluding hydrogens is 240 g/mol. The number of likely N-dealkylation sites (tertiary alicyclic amines) is 1. The fraction of sp³-hybridized carbons (Fsp3) is 0.857. The van der Waals surface area contributed by atoms with E-state index in [-0.39, 0.29) is 12.1 Å². The van der Waals surface area contributed by atoms with Crippen LogP contribution in [-0.2, 0) is 0 Å². The van der Waals surface area contributed by atoms with Gasteiger partial charge >= 0.3 is 6.03 Å². The van der Waals surface area contributed by atoms with E-state index >= 15 is 0 Å². The summed E-state index contributed by atoms with van der Waals surface area (Å²) in [6.07, 6.45) is 4.77. The smallest absolute Gasteiger partial charge is 0.320 e. The molecule has 2 aliphatic heterocycles. The Morgan fingerprint density at radius 3 is 2.00 bits per heavy atom. The van der Waals surface area contributed by atoms with Crippen LogP contribution in [0.4, 0.5) is 4.79 Å². The normalized spacial score (nSPS) is 23.6. The van der Waals surface area contributed by atoms with E-state index in [1.54, 1.807) is 0 Å². The Labute approximate surface area is 115 Å². The Morgan fingerprint density at radius 2 is 1.47 bits per heavy atom. The van der Waals surface area contributed by atoms with Gasteiger partial charge in [-0.15, -0.1) is 0 Å². The Bertz CT molecular complexity index is 336. The molecular formula is C14H24N4O. The molecule has 0 aliphatic carbocycles. The van der Waals surface area contributed by atoms with Crippen molar-refractivity contribution < 1.29 is 4.79 Å². The van der Waals surface area contributed by atoms with Crippen LogP contribution in [0.5, 0.6) is 0 Å².